The van der Waals surface area contributed by atoms with Gasteiger partial charge in [0.15, 0.2) is 0 Å². The Morgan fingerprint density at radius 1 is 1.44 bits per heavy atom. The predicted molar refractivity (Wildman–Crippen MR) is 77.8 cm³/mol. The van der Waals surface area contributed by atoms with Crippen molar-refractivity contribution in [2.45, 2.75) is 26.3 Å². The third-order valence-electron chi connectivity index (χ3n) is 3.00. The normalized spacial score (nSPS) is 12.6. The summed E-state index contributed by atoms with van der Waals surface area (Å²) in [5.74, 6) is 0.620. The van der Waals surface area contributed by atoms with Crippen LogP contribution in [0.25, 0.3) is 0 Å². The van der Waals surface area contributed by atoms with Gasteiger partial charge in [-0.05, 0) is 53.9 Å². The Morgan fingerprint density at radius 3 is 2.89 bits per heavy atom. The summed E-state index contributed by atoms with van der Waals surface area (Å²) in [6.45, 7) is 5.21. The van der Waals surface area contributed by atoms with Gasteiger partial charge in [0.05, 0.1) is 6.04 Å². The summed E-state index contributed by atoms with van der Waals surface area (Å²) in [5.41, 5.74) is 9.60. The van der Waals surface area contributed by atoms with Crippen LogP contribution in [0.1, 0.15) is 36.1 Å². The third kappa shape index (κ3) is 2.71. The molecule has 0 aliphatic carbocycles. The molecule has 0 aliphatic rings. The first-order valence-corrected chi connectivity index (χ1v) is 7.14. The van der Waals surface area contributed by atoms with E-state index in [2.05, 4.69) is 41.0 Å². The van der Waals surface area contributed by atoms with Gasteiger partial charge in [-0.2, -0.15) is 11.3 Å². The standard InChI is InChI=1S/C14H19N3S/c1-3-6-16-13(11-5-8-18-9-11)12-10(2)4-7-17-14(12)15/h4-5,7-9,13,16H,3,6H2,1-2H3,(H2,15,17). The largest absolute Gasteiger partial charge is 0.383 e. The van der Waals surface area contributed by atoms with E-state index < -0.39 is 0 Å². The molecule has 4 heteroatoms. The average Bonchev–Trinajstić information content (AvgIpc) is 2.86. The lowest BCUT2D eigenvalue weighted by molar-refractivity contribution is 0.597. The number of aryl methyl sites for hydroxylation is 1. The van der Waals surface area contributed by atoms with Crippen LogP contribution in [0.4, 0.5) is 5.82 Å². The fourth-order valence-corrected chi connectivity index (χ4v) is 2.77. The maximum Gasteiger partial charge on any atom is 0.128 e. The van der Waals surface area contributed by atoms with Crippen molar-refractivity contribution in [3.8, 4) is 0 Å². The van der Waals surface area contributed by atoms with Crippen molar-refractivity contribution >= 4 is 17.2 Å². The SMILES string of the molecule is CCCNC(c1ccsc1)c1c(C)ccnc1N. The minimum Gasteiger partial charge on any atom is -0.383 e. The van der Waals surface area contributed by atoms with Crippen LogP contribution in [-0.4, -0.2) is 11.5 Å². The molecule has 0 spiro atoms. The Morgan fingerprint density at radius 2 is 2.28 bits per heavy atom. The topological polar surface area (TPSA) is 50.9 Å². The molecule has 2 heterocycles. The van der Waals surface area contributed by atoms with E-state index in [0.29, 0.717) is 5.82 Å². The number of rotatable bonds is 5. The monoisotopic (exact) mass is 261 g/mol. The number of nitrogens with zero attached hydrogens (tertiary/aromatic N) is 1. The Bertz CT molecular complexity index is 473. The average molecular weight is 261 g/mol. The van der Waals surface area contributed by atoms with Crippen molar-refractivity contribution < 1.29 is 0 Å². The number of nitrogens with one attached hydrogen (secondary N) is 1. The molecule has 0 bridgehead atoms. The molecule has 3 N–H and O–H groups in total. The van der Waals surface area contributed by atoms with Gasteiger partial charge in [0.1, 0.15) is 5.82 Å². The lowest BCUT2D eigenvalue weighted by Gasteiger charge is -2.21. The van der Waals surface area contributed by atoms with E-state index in [0.717, 1.165) is 18.5 Å². The quantitative estimate of drug-likeness (QED) is 0.869. The molecule has 0 aromatic carbocycles. The van der Waals surface area contributed by atoms with Crippen LogP contribution in [0.3, 0.4) is 0 Å². The summed E-state index contributed by atoms with van der Waals surface area (Å²) in [6, 6.07) is 4.30. The molecule has 0 saturated carbocycles. The minimum absolute atomic E-state index is 0.143. The van der Waals surface area contributed by atoms with Crippen LogP contribution in [0.15, 0.2) is 29.1 Å². The fraction of sp³-hybridized carbons (Fsp3) is 0.357. The molecule has 0 amide bonds. The Kier molecular flexibility index (Phi) is 4.33. The molecule has 0 aliphatic heterocycles. The number of hydrogen-bond acceptors (Lipinski definition) is 4. The van der Waals surface area contributed by atoms with Crippen molar-refractivity contribution in [3.63, 3.8) is 0 Å². The first-order chi connectivity index (χ1) is 8.74. The summed E-state index contributed by atoms with van der Waals surface area (Å²) in [7, 11) is 0. The second-order valence-electron chi connectivity index (χ2n) is 4.37. The summed E-state index contributed by atoms with van der Waals surface area (Å²) in [5, 5.41) is 7.82. The van der Waals surface area contributed by atoms with E-state index in [1.807, 2.05) is 6.07 Å². The van der Waals surface area contributed by atoms with Gasteiger partial charge in [-0.25, -0.2) is 4.98 Å². The van der Waals surface area contributed by atoms with Crippen molar-refractivity contribution in [3.05, 3.63) is 45.8 Å². The number of hydrogen-bond donors (Lipinski definition) is 2. The van der Waals surface area contributed by atoms with Gasteiger partial charge in [-0.15, -0.1) is 0 Å². The van der Waals surface area contributed by atoms with Crippen molar-refractivity contribution in [1.29, 1.82) is 0 Å². The highest BCUT2D eigenvalue weighted by Gasteiger charge is 2.19. The van der Waals surface area contributed by atoms with E-state index in [4.69, 9.17) is 5.73 Å². The lowest BCUT2D eigenvalue weighted by Crippen LogP contribution is -2.24. The highest BCUT2D eigenvalue weighted by atomic mass is 32.1. The summed E-state index contributed by atoms with van der Waals surface area (Å²) >= 11 is 1.71. The van der Waals surface area contributed by atoms with E-state index in [-0.39, 0.29) is 6.04 Å². The number of thiophene rings is 1. The zero-order chi connectivity index (χ0) is 13.0. The third-order valence-corrected chi connectivity index (χ3v) is 3.70. The van der Waals surface area contributed by atoms with E-state index in [1.54, 1.807) is 17.5 Å². The van der Waals surface area contributed by atoms with Crippen LogP contribution in [0.2, 0.25) is 0 Å². The molecule has 18 heavy (non-hydrogen) atoms. The molecule has 0 radical (unpaired) electrons. The molecule has 96 valence electrons. The van der Waals surface area contributed by atoms with Crippen LogP contribution in [-0.2, 0) is 0 Å². The zero-order valence-corrected chi connectivity index (χ0v) is 11.6. The molecular weight excluding hydrogens is 242 g/mol. The van der Waals surface area contributed by atoms with Gasteiger partial charge in [0, 0.05) is 11.8 Å². The smallest absolute Gasteiger partial charge is 0.128 e. The van der Waals surface area contributed by atoms with Crippen molar-refractivity contribution in [2.75, 3.05) is 12.3 Å². The molecule has 3 nitrogen and oxygen atoms in total. The number of nitrogen functional groups attached to an aromatic ring is 1. The van der Waals surface area contributed by atoms with E-state index in [9.17, 15) is 0 Å². The fourth-order valence-electron chi connectivity index (χ4n) is 2.08. The van der Waals surface area contributed by atoms with Crippen LogP contribution < -0.4 is 11.1 Å². The lowest BCUT2D eigenvalue weighted by atomic mass is 9.97. The molecule has 2 aromatic rings. The van der Waals surface area contributed by atoms with Gasteiger partial charge in [0.25, 0.3) is 0 Å². The van der Waals surface area contributed by atoms with Gasteiger partial charge < -0.3 is 11.1 Å². The molecule has 2 rings (SSSR count). The van der Waals surface area contributed by atoms with Crippen molar-refractivity contribution in [1.82, 2.24) is 10.3 Å². The molecular formula is C14H19N3S. The highest BCUT2D eigenvalue weighted by molar-refractivity contribution is 7.08. The maximum absolute atomic E-state index is 6.05. The Balaban J connectivity index is 2.40. The maximum atomic E-state index is 6.05. The number of aromatic nitrogens is 1. The summed E-state index contributed by atoms with van der Waals surface area (Å²) in [6.07, 6.45) is 2.86. The molecule has 0 saturated heterocycles. The van der Waals surface area contributed by atoms with Gasteiger partial charge in [-0.3, -0.25) is 0 Å². The second-order valence-corrected chi connectivity index (χ2v) is 5.15. The molecule has 1 unspecified atom stereocenters. The van der Waals surface area contributed by atoms with Crippen LogP contribution in [0, 0.1) is 6.92 Å². The predicted octanol–water partition coefficient (Wildman–Crippen LogP) is 3.12. The van der Waals surface area contributed by atoms with Gasteiger partial charge in [0.2, 0.25) is 0 Å². The van der Waals surface area contributed by atoms with E-state index >= 15 is 0 Å². The summed E-state index contributed by atoms with van der Waals surface area (Å²) in [4.78, 5) is 4.22. The van der Waals surface area contributed by atoms with Crippen LogP contribution >= 0.6 is 11.3 Å². The number of anilines is 1. The first-order valence-electron chi connectivity index (χ1n) is 6.20. The highest BCUT2D eigenvalue weighted by Crippen LogP contribution is 2.29. The van der Waals surface area contributed by atoms with Crippen LogP contribution in [0.5, 0.6) is 0 Å². The molecule has 0 fully saturated rings. The summed E-state index contributed by atoms with van der Waals surface area (Å²) < 4.78 is 0. The Hall–Kier alpha value is -1.39. The molecule has 2 aromatic heterocycles. The van der Waals surface area contributed by atoms with E-state index in [1.165, 1.54) is 11.1 Å². The van der Waals surface area contributed by atoms with Crippen molar-refractivity contribution in [2.24, 2.45) is 0 Å². The Labute approximate surface area is 112 Å². The first kappa shape index (κ1) is 13.1. The van der Waals surface area contributed by atoms with Gasteiger partial charge >= 0.3 is 0 Å². The number of nitrogens with two attached hydrogens (primary N) is 1. The molecule has 1 atom stereocenters. The minimum atomic E-state index is 0.143. The zero-order valence-electron chi connectivity index (χ0n) is 10.8. The second kappa shape index (κ2) is 5.98. The number of pyridine rings is 1. The van der Waals surface area contributed by atoms with Gasteiger partial charge in [-0.1, -0.05) is 6.92 Å².